The Hall–Kier alpha value is -3.45. The van der Waals surface area contributed by atoms with E-state index < -0.39 is 0 Å². The highest BCUT2D eigenvalue weighted by Gasteiger charge is 2.19. The zero-order valence-corrected chi connectivity index (χ0v) is 24.0. The highest BCUT2D eigenvalue weighted by Crippen LogP contribution is 2.32. The highest BCUT2D eigenvalue weighted by molar-refractivity contribution is 8.02. The number of amides is 2. The minimum atomic E-state index is -0.366. The SMILES string of the molecule is C[C@@H](Sc1nnc(N)s1)C(=O)Nc1ccc2nc(SCC(=O)NC(c3ccccc3)c3ccccc3)sc2c1. The molecule has 198 valence electrons. The molecule has 12 heteroatoms. The van der Waals surface area contributed by atoms with Crippen LogP contribution >= 0.6 is 46.2 Å². The highest BCUT2D eigenvalue weighted by atomic mass is 32.2. The monoisotopic (exact) mass is 592 g/mol. The Morgan fingerprint density at radius 1 is 0.923 bits per heavy atom. The largest absolute Gasteiger partial charge is 0.374 e. The van der Waals surface area contributed by atoms with Crippen LogP contribution in [0.5, 0.6) is 0 Å². The Kier molecular flexibility index (Phi) is 8.77. The first-order valence-corrected chi connectivity index (χ1v) is 15.4. The summed E-state index contributed by atoms with van der Waals surface area (Å²) in [6, 6.07) is 25.2. The Labute approximate surface area is 241 Å². The number of nitrogens with two attached hydrogens (primary N) is 1. The maximum atomic E-state index is 12.9. The van der Waals surface area contributed by atoms with E-state index >= 15 is 0 Å². The van der Waals surface area contributed by atoms with Gasteiger partial charge in [0.1, 0.15) is 0 Å². The lowest BCUT2D eigenvalue weighted by atomic mass is 9.99. The molecule has 5 aromatic rings. The van der Waals surface area contributed by atoms with Crippen LogP contribution in [0.4, 0.5) is 10.8 Å². The fourth-order valence-electron chi connectivity index (χ4n) is 3.74. The van der Waals surface area contributed by atoms with E-state index in [1.807, 2.05) is 85.8 Å². The fourth-order valence-corrected chi connectivity index (χ4v) is 7.44. The number of benzene rings is 3. The number of rotatable bonds is 10. The van der Waals surface area contributed by atoms with Gasteiger partial charge < -0.3 is 16.4 Å². The number of hydrogen-bond donors (Lipinski definition) is 3. The van der Waals surface area contributed by atoms with Crippen LogP contribution in [-0.4, -0.2) is 38.0 Å². The molecule has 0 unspecified atom stereocenters. The number of anilines is 2. The Balaban J connectivity index is 1.20. The number of aromatic nitrogens is 3. The summed E-state index contributed by atoms with van der Waals surface area (Å²) in [5.74, 6) is 0.0219. The summed E-state index contributed by atoms with van der Waals surface area (Å²) in [4.78, 5) is 30.3. The molecule has 2 heterocycles. The van der Waals surface area contributed by atoms with E-state index in [9.17, 15) is 9.59 Å². The Bertz CT molecular complexity index is 1540. The van der Waals surface area contributed by atoms with Crippen molar-refractivity contribution in [1.29, 1.82) is 0 Å². The minimum Gasteiger partial charge on any atom is -0.374 e. The molecule has 0 aliphatic heterocycles. The molecule has 8 nitrogen and oxygen atoms in total. The smallest absolute Gasteiger partial charge is 0.237 e. The molecular weight excluding hydrogens is 569 g/mol. The average Bonchev–Trinajstić information content (AvgIpc) is 3.56. The van der Waals surface area contributed by atoms with Crippen molar-refractivity contribution in [3.63, 3.8) is 0 Å². The van der Waals surface area contributed by atoms with Crippen molar-refractivity contribution < 1.29 is 9.59 Å². The number of nitrogen functional groups attached to an aromatic ring is 1. The fraction of sp³-hybridized carbons (Fsp3) is 0.148. The topological polar surface area (TPSA) is 123 Å². The van der Waals surface area contributed by atoms with Gasteiger partial charge in [-0.3, -0.25) is 9.59 Å². The van der Waals surface area contributed by atoms with Gasteiger partial charge in [0.15, 0.2) is 8.68 Å². The number of thioether (sulfide) groups is 2. The summed E-state index contributed by atoms with van der Waals surface area (Å²) < 4.78 is 2.37. The van der Waals surface area contributed by atoms with Crippen molar-refractivity contribution in [3.8, 4) is 0 Å². The van der Waals surface area contributed by atoms with Gasteiger partial charge in [0.05, 0.1) is 27.3 Å². The van der Waals surface area contributed by atoms with Crippen molar-refractivity contribution in [1.82, 2.24) is 20.5 Å². The molecular formula is C27H24N6O2S4. The predicted octanol–water partition coefficient (Wildman–Crippen LogP) is 5.85. The van der Waals surface area contributed by atoms with Crippen LogP contribution in [0.1, 0.15) is 24.1 Å². The quantitative estimate of drug-likeness (QED) is 0.173. The van der Waals surface area contributed by atoms with Crippen molar-refractivity contribution in [2.24, 2.45) is 0 Å². The second kappa shape index (κ2) is 12.6. The van der Waals surface area contributed by atoms with E-state index in [-0.39, 0.29) is 28.9 Å². The van der Waals surface area contributed by atoms with Crippen LogP contribution in [0.25, 0.3) is 10.2 Å². The Morgan fingerprint density at radius 2 is 1.62 bits per heavy atom. The lowest BCUT2D eigenvalue weighted by Gasteiger charge is -2.19. The van der Waals surface area contributed by atoms with Gasteiger partial charge in [-0.25, -0.2) is 4.98 Å². The zero-order chi connectivity index (χ0) is 27.2. The van der Waals surface area contributed by atoms with Crippen LogP contribution in [0.3, 0.4) is 0 Å². The molecule has 5 rings (SSSR count). The van der Waals surface area contributed by atoms with E-state index in [4.69, 9.17) is 5.73 Å². The molecule has 4 N–H and O–H groups in total. The molecule has 0 aliphatic rings. The van der Waals surface area contributed by atoms with Gasteiger partial charge in [-0.15, -0.1) is 21.5 Å². The summed E-state index contributed by atoms with van der Waals surface area (Å²) >= 11 is 5.45. The summed E-state index contributed by atoms with van der Waals surface area (Å²) in [5.41, 5.74) is 9.17. The van der Waals surface area contributed by atoms with Gasteiger partial charge >= 0.3 is 0 Å². The molecule has 2 amide bonds. The molecule has 39 heavy (non-hydrogen) atoms. The van der Waals surface area contributed by atoms with Crippen molar-refractivity contribution >= 4 is 79.0 Å². The Morgan fingerprint density at radius 3 is 2.26 bits per heavy atom. The van der Waals surface area contributed by atoms with Gasteiger partial charge in [-0.05, 0) is 36.2 Å². The standard InChI is InChI=1S/C27H24N6O2S4/c1-16(37-27-33-32-25(28)39-27)24(35)29-19-12-13-20-21(14-19)38-26(30-20)36-15-22(34)31-23(17-8-4-2-5-9-17)18-10-6-3-7-11-18/h2-14,16,23H,15H2,1H3,(H2,28,32)(H,29,35)(H,31,34)/t16-/m1/s1. The summed E-state index contributed by atoms with van der Waals surface area (Å²) in [7, 11) is 0. The summed E-state index contributed by atoms with van der Waals surface area (Å²) in [6.07, 6.45) is 0. The number of thiazole rings is 1. The van der Waals surface area contributed by atoms with Crippen LogP contribution in [-0.2, 0) is 9.59 Å². The lowest BCUT2D eigenvalue weighted by molar-refractivity contribution is -0.119. The molecule has 0 saturated carbocycles. The first-order chi connectivity index (χ1) is 18.9. The van der Waals surface area contributed by atoms with E-state index in [1.54, 1.807) is 0 Å². The number of nitrogens with zero attached hydrogens (tertiary/aromatic N) is 3. The minimum absolute atomic E-state index is 0.0754. The summed E-state index contributed by atoms with van der Waals surface area (Å²) in [6.45, 7) is 1.81. The molecule has 1 atom stereocenters. The van der Waals surface area contributed by atoms with Crippen LogP contribution in [0.2, 0.25) is 0 Å². The number of nitrogens with one attached hydrogen (secondary N) is 2. The lowest BCUT2D eigenvalue weighted by Crippen LogP contribution is -2.30. The van der Waals surface area contributed by atoms with E-state index in [0.717, 1.165) is 25.7 Å². The van der Waals surface area contributed by atoms with Crippen LogP contribution < -0.4 is 16.4 Å². The van der Waals surface area contributed by atoms with Gasteiger partial charge in [0.2, 0.25) is 16.9 Å². The van der Waals surface area contributed by atoms with Gasteiger partial charge in [-0.1, -0.05) is 95.5 Å². The van der Waals surface area contributed by atoms with E-state index in [2.05, 4.69) is 25.8 Å². The summed E-state index contributed by atoms with van der Waals surface area (Å²) in [5, 5.41) is 13.9. The molecule has 3 aromatic carbocycles. The molecule has 0 fully saturated rings. The molecule has 0 spiro atoms. The number of carbonyl (C=O) groups excluding carboxylic acids is 2. The van der Waals surface area contributed by atoms with Gasteiger partial charge in [0, 0.05) is 5.69 Å². The molecule has 0 radical (unpaired) electrons. The molecule has 0 saturated heterocycles. The first kappa shape index (κ1) is 27.1. The van der Waals surface area contributed by atoms with Crippen LogP contribution in [0, 0.1) is 0 Å². The van der Waals surface area contributed by atoms with Crippen LogP contribution in [0.15, 0.2) is 87.5 Å². The maximum Gasteiger partial charge on any atom is 0.237 e. The van der Waals surface area contributed by atoms with E-state index in [1.165, 1.54) is 46.2 Å². The van der Waals surface area contributed by atoms with Gasteiger partial charge in [-0.2, -0.15) is 0 Å². The normalized spacial score (nSPS) is 11.9. The van der Waals surface area contributed by atoms with E-state index in [0.29, 0.717) is 15.2 Å². The third kappa shape index (κ3) is 7.15. The third-order valence-corrected chi connectivity index (χ3v) is 9.70. The van der Waals surface area contributed by atoms with Crippen molar-refractivity contribution in [2.45, 2.75) is 26.9 Å². The molecule has 0 bridgehead atoms. The molecule has 0 aliphatic carbocycles. The second-order valence-electron chi connectivity index (χ2n) is 8.43. The second-order valence-corrected chi connectivity index (χ2v) is 13.3. The third-order valence-electron chi connectivity index (χ3n) is 5.60. The number of fused-ring (bicyclic) bond motifs is 1. The van der Waals surface area contributed by atoms with Crippen molar-refractivity contribution in [2.75, 3.05) is 16.8 Å². The number of carbonyl (C=O) groups is 2. The molecule has 2 aromatic heterocycles. The zero-order valence-electron chi connectivity index (χ0n) is 20.7. The number of hydrogen-bond acceptors (Lipinski definition) is 10. The maximum absolute atomic E-state index is 12.9. The first-order valence-electron chi connectivity index (χ1n) is 11.9. The van der Waals surface area contributed by atoms with Gasteiger partial charge in [0.25, 0.3) is 0 Å². The predicted molar refractivity (Wildman–Crippen MR) is 161 cm³/mol. The average molecular weight is 593 g/mol. The van der Waals surface area contributed by atoms with Crippen molar-refractivity contribution in [3.05, 3.63) is 90.0 Å².